The number of nitrogens with zero attached hydrogens (tertiary/aromatic N) is 3. The molecule has 2 aromatic heterocycles. The van der Waals surface area contributed by atoms with E-state index in [0.717, 1.165) is 41.0 Å². The Labute approximate surface area is 117 Å². The highest BCUT2D eigenvalue weighted by Gasteiger charge is 2.22. The Hall–Kier alpha value is -2.10. The minimum absolute atomic E-state index is 0.707. The first kappa shape index (κ1) is 11.7. The molecule has 102 valence electrons. The van der Waals surface area contributed by atoms with Gasteiger partial charge >= 0.3 is 0 Å². The van der Waals surface area contributed by atoms with Crippen molar-refractivity contribution in [2.45, 2.75) is 19.8 Å². The molecule has 0 bridgehead atoms. The van der Waals surface area contributed by atoms with Crippen molar-refractivity contribution in [3.05, 3.63) is 30.6 Å². The third-order valence-electron chi connectivity index (χ3n) is 4.10. The van der Waals surface area contributed by atoms with Crippen LogP contribution < -0.4 is 4.90 Å². The third-order valence-corrected chi connectivity index (χ3v) is 4.10. The fraction of sp³-hybridized carbons (Fsp3) is 0.375. The maximum Gasteiger partial charge on any atom is 0.196 e. The summed E-state index contributed by atoms with van der Waals surface area (Å²) in [4.78, 5) is 11.2. The molecule has 0 spiro atoms. The summed E-state index contributed by atoms with van der Waals surface area (Å²) in [6, 6.07) is 8.04. The van der Waals surface area contributed by atoms with E-state index in [1.165, 1.54) is 12.8 Å². The van der Waals surface area contributed by atoms with E-state index >= 15 is 0 Å². The van der Waals surface area contributed by atoms with E-state index < -0.39 is 0 Å². The monoisotopic (exact) mass is 267 g/mol. The van der Waals surface area contributed by atoms with Crippen molar-refractivity contribution in [3.63, 3.8) is 0 Å². The summed E-state index contributed by atoms with van der Waals surface area (Å²) >= 11 is 0. The largest absolute Gasteiger partial charge is 0.450 e. The average molecular weight is 267 g/mol. The number of aromatic nitrogens is 2. The first-order valence-electron chi connectivity index (χ1n) is 7.20. The first-order valence-corrected chi connectivity index (χ1v) is 7.20. The summed E-state index contributed by atoms with van der Waals surface area (Å²) in [5.74, 6) is 1.65. The number of piperidine rings is 1. The van der Waals surface area contributed by atoms with Crippen LogP contribution in [-0.2, 0) is 0 Å². The van der Waals surface area contributed by atoms with Crippen molar-refractivity contribution in [2.24, 2.45) is 5.92 Å². The summed E-state index contributed by atoms with van der Waals surface area (Å²) in [6.45, 7) is 4.39. The van der Waals surface area contributed by atoms with E-state index in [-0.39, 0.29) is 0 Å². The summed E-state index contributed by atoms with van der Waals surface area (Å²) in [5, 5.41) is 1.07. The smallest absolute Gasteiger partial charge is 0.196 e. The van der Waals surface area contributed by atoms with Crippen LogP contribution in [0.15, 0.2) is 35.0 Å². The van der Waals surface area contributed by atoms with Crippen LogP contribution in [0.5, 0.6) is 0 Å². The molecular formula is C16H17N3O. The molecule has 4 rings (SSSR count). The highest BCUT2D eigenvalue weighted by molar-refractivity contribution is 6.05. The molecule has 4 nitrogen and oxygen atoms in total. The molecule has 3 heterocycles. The van der Waals surface area contributed by atoms with Gasteiger partial charge < -0.3 is 9.32 Å². The van der Waals surface area contributed by atoms with Crippen molar-refractivity contribution in [1.29, 1.82) is 0 Å². The van der Waals surface area contributed by atoms with Crippen molar-refractivity contribution in [2.75, 3.05) is 18.0 Å². The third kappa shape index (κ3) is 1.75. The number of hydrogen-bond acceptors (Lipinski definition) is 4. The standard InChI is InChI=1S/C16H17N3O/c1-11-5-4-8-19(9-11)16-15-14(17-10-18-16)12-6-2-3-7-13(12)20-15/h2-3,6-7,10-11H,4-5,8-9H2,1H3/t11-/m0/s1. The van der Waals surface area contributed by atoms with Gasteiger partial charge in [-0.2, -0.15) is 0 Å². The lowest BCUT2D eigenvalue weighted by atomic mass is 10.0. The molecule has 1 saturated heterocycles. The van der Waals surface area contributed by atoms with E-state index in [0.29, 0.717) is 5.92 Å². The SMILES string of the molecule is C[C@H]1CCCN(c2ncnc3c2oc2ccccc23)C1. The van der Waals surface area contributed by atoms with Crippen LogP contribution in [0.3, 0.4) is 0 Å². The van der Waals surface area contributed by atoms with Crippen LogP contribution in [0.1, 0.15) is 19.8 Å². The van der Waals surface area contributed by atoms with Crippen LogP contribution in [0.4, 0.5) is 5.82 Å². The Balaban J connectivity index is 1.91. The van der Waals surface area contributed by atoms with Gasteiger partial charge in [-0.25, -0.2) is 9.97 Å². The van der Waals surface area contributed by atoms with E-state index in [2.05, 4.69) is 27.9 Å². The highest BCUT2D eigenvalue weighted by atomic mass is 16.3. The van der Waals surface area contributed by atoms with Crippen LogP contribution in [-0.4, -0.2) is 23.1 Å². The van der Waals surface area contributed by atoms with Crippen molar-refractivity contribution in [1.82, 2.24) is 9.97 Å². The van der Waals surface area contributed by atoms with Gasteiger partial charge in [-0.1, -0.05) is 19.1 Å². The van der Waals surface area contributed by atoms with E-state index in [1.807, 2.05) is 18.2 Å². The summed E-state index contributed by atoms with van der Waals surface area (Å²) < 4.78 is 6.01. The second-order valence-corrected chi connectivity index (χ2v) is 5.67. The van der Waals surface area contributed by atoms with Crippen molar-refractivity contribution >= 4 is 27.9 Å². The van der Waals surface area contributed by atoms with E-state index in [4.69, 9.17) is 4.42 Å². The lowest BCUT2D eigenvalue weighted by Gasteiger charge is -2.31. The summed E-state index contributed by atoms with van der Waals surface area (Å²) in [6.07, 6.45) is 4.16. The second kappa shape index (κ2) is 4.47. The number of para-hydroxylation sites is 1. The molecule has 4 heteroatoms. The van der Waals surface area contributed by atoms with Gasteiger partial charge in [-0.15, -0.1) is 0 Å². The van der Waals surface area contributed by atoms with Gasteiger partial charge in [0.25, 0.3) is 0 Å². The molecule has 0 saturated carbocycles. The van der Waals surface area contributed by atoms with Crippen molar-refractivity contribution < 1.29 is 4.42 Å². The number of rotatable bonds is 1. The molecule has 1 atom stereocenters. The average Bonchev–Trinajstić information content (AvgIpc) is 2.86. The zero-order valence-corrected chi connectivity index (χ0v) is 11.5. The van der Waals surface area contributed by atoms with E-state index in [9.17, 15) is 0 Å². The number of anilines is 1. The quantitative estimate of drug-likeness (QED) is 0.675. The lowest BCUT2D eigenvalue weighted by Crippen LogP contribution is -2.34. The Bertz CT molecular complexity index is 765. The van der Waals surface area contributed by atoms with Gasteiger partial charge in [0.1, 0.15) is 17.4 Å². The van der Waals surface area contributed by atoms with Crippen LogP contribution in [0.2, 0.25) is 0 Å². The Morgan fingerprint density at radius 3 is 3.05 bits per heavy atom. The molecule has 3 aromatic rings. The number of hydrogen-bond donors (Lipinski definition) is 0. The molecule has 0 unspecified atom stereocenters. The molecule has 1 aromatic carbocycles. The van der Waals surface area contributed by atoms with E-state index in [1.54, 1.807) is 6.33 Å². The Morgan fingerprint density at radius 2 is 2.15 bits per heavy atom. The summed E-state index contributed by atoms with van der Waals surface area (Å²) in [7, 11) is 0. The topological polar surface area (TPSA) is 42.2 Å². The van der Waals surface area contributed by atoms with Gasteiger partial charge in [0.05, 0.1) is 0 Å². The number of fused-ring (bicyclic) bond motifs is 3. The predicted molar refractivity (Wildman–Crippen MR) is 79.9 cm³/mol. The first-order chi connectivity index (χ1) is 9.83. The fourth-order valence-electron chi connectivity index (χ4n) is 3.12. The summed E-state index contributed by atoms with van der Waals surface area (Å²) in [5.41, 5.74) is 2.63. The maximum absolute atomic E-state index is 6.01. The van der Waals surface area contributed by atoms with Crippen LogP contribution in [0.25, 0.3) is 22.1 Å². The van der Waals surface area contributed by atoms with Gasteiger partial charge in [0.15, 0.2) is 11.4 Å². The molecular weight excluding hydrogens is 250 g/mol. The molecule has 0 N–H and O–H groups in total. The molecule has 1 aliphatic rings. The molecule has 1 fully saturated rings. The number of benzene rings is 1. The molecule has 0 amide bonds. The normalized spacial score (nSPS) is 19.9. The number of furan rings is 1. The highest BCUT2D eigenvalue weighted by Crippen LogP contribution is 2.33. The Morgan fingerprint density at radius 1 is 1.25 bits per heavy atom. The molecule has 1 aliphatic heterocycles. The minimum atomic E-state index is 0.707. The maximum atomic E-state index is 6.01. The zero-order valence-electron chi connectivity index (χ0n) is 11.5. The van der Waals surface area contributed by atoms with Gasteiger partial charge in [-0.05, 0) is 30.9 Å². The second-order valence-electron chi connectivity index (χ2n) is 5.67. The van der Waals surface area contributed by atoms with Gasteiger partial charge in [0.2, 0.25) is 0 Å². The minimum Gasteiger partial charge on any atom is -0.450 e. The van der Waals surface area contributed by atoms with Crippen LogP contribution in [0, 0.1) is 5.92 Å². The van der Waals surface area contributed by atoms with Gasteiger partial charge in [0, 0.05) is 18.5 Å². The zero-order chi connectivity index (χ0) is 13.5. The van der Waals surface area contributed by atoms with Crippen LogP contribution >= 0.6 is 0 Å². The van der Waals surface area contributed by atoms with Gasteiger partial charge in [-0.3, -0.25) is 0 Å². The Kier molecular flexibility index (Phi) is 2.62. The van der Waals surface area contributed by atoms with Crippen molar-refractivity contribution in [3.8, 4) is 0 Å². The molecule has 20 heavy (non-hydrogen) atoms. The predicted octanol–water partition coefficient (Wildman–Crippen LogP) is 3.61. The molecule has 0 radical (unpaired) electrons. The lowest BCUT2D eigenvalue weighted by molar-refractivity contribution is 0.444. The molecule has 0 aliphatic carbocycles. The fourth-order valence-corrected chi connectivity index (χ4v) is 3.12.